The number of rotatable bonds is 8. The predicted molar refractivity (Wildman–Crippen MR) is 112 cm³/mol. The SMILES string of the molecule is CCOc1cc(/C=C/C(=O)N2CCN(C(=O)CN3C(=O)CCC3=O)CC2)ccc1OC(F)F. The average Bonchev–Trinajstić information content (AvgIpc) is 3.11. The van der Waals surface area contributed by atoms with Gasteiger partial charge in [-0.15, -0.1) is 0 Å². The van der Waals surface area contributed by atoms with E-state index in [4.69, 9.17) is 4.74 Å². The molecular formula is C22H25F2N3O6. The van der Waals surface area contributed by atoms with E-state index in [-0.39, 0.29) is 61.1 Å². The molecule has 9 nitrogen and oxygen atoms in total. The van der Waals surface area contributed by atoms with Gasteiger partial charge < -0.3 is 19.3 Å². The highest BCUT2D eigenvalue weighted by Gasteiger charge is 2.32. The zero-order valence-electron chi connectivity index (χ0n) is 18.2. The van der Waals surface area contributed by atoms with Crippen molar-refractivity contribution in [3.05, 3.63) is 29.8 Å². The first-order valence-corrected chi connectivity index (χ1v) is 10.6. The third-order valence-corrected chi connectivity index (χ3v) is 5.29. The van der Waals surface area contributed by atoms with Crippen LogP contribution in [0.2, 0.25) is 0 Å². The van der Waals surface area contributed by atoms with Crippen LogP contribution >= 0.6 is 0 Å². The fourth-order valence-corrected chi connectivity index (χ4v) is 3.57. The minimum Gasteiger partial charge on any atom is -0.490 e. The molecule has 2 fully saturated rings. The third kappa shape index (κ3) is 6.27. The van der Waals surface area contributed by atoms with Gasteiger partial charge in [0.15, 0.2) is 11.5 Å². The zero-order valence-corrected chi connectivity index (χ0v) is 18.2. The van der Waals surface area contributed by atoms with E-state index in [1.807, 2.05) is 0 Å². The number of carbonyl (C=O) groups is 4. The number of benzene rings is 1. The molecule has 0 aromatic heterocycles. The molecule has 2 saturated heterocycles. The highest BCUT2D eigenvalue weighted by atomic mass is 19.3. The molecule has 2 aliphatic heterocycles. The maximum absolute atomic E-state index is 12.5. The lowest BCUT2D eigenvalue weighted by molar-refractivity contribution is -0.146. The average molecular weight is 465 g/mol. The van der Waals surface area contributed by atoms with Gasteiger partial charge in [-0.05, 0) is 30.7 Å². The van der Waals surface area contributed by atoms with E-state index < -0.39 is 6.61 Å². The van der Waals surface area contributed by atoms with Gasteiger partial charge in [-0.2, -0.15) is 8.78 Å². The quantitative estimate of drug-likeness (QED) is 0.427. The Morgan fingerprint density at radius 2 is 1.67 bits per heavy atom. The van der Waals surface area contributed by atoms with E-state index in [0.717, 1.165) is 4.90 Å². The molecule has 3 rings (SSSR count). The summed E-state index contributed by atoms with van der Waals surface area (Å²) < 4.78 is 34.8. The third-order valence-electron chi connectivity index (χ3n) is 5.29. The molecule has 33 heavy (non-hydrogen) atoms. The Balaban J connectivity index is 1.53. The number of hydrogen-bond donors (Lipinski definition) is 0. The summed E-state index contributed by atoms with van der Waals surface area (Å²) in [5, 5.41) is 0. The molecule has 2 heterocycles. The van der Waals surface area contributed by atoms with Crippen molar-refractivity contribution in [1.82, 2.24) is 14.7 Å². The second kappa shape index (κ2) is 10.9. The highest BCUT2D eigenvalue weighted by Crippen LogP contribution is 2.30. The van der Waals surface area contributed by atoms with Gasteiger partial charge in [-0.3, -0.25) is 24.1 Å². The molecular weight excluding hydrogens is 440 g/mol. The predicted octanol–water partition coefficient (Wildman–Crippen LogP) is 1.52. The van der Waals surface area contributed by atoms with Gasteiger partial charge in [0.05, 0.1) is 6.61 Å². The molecule has 0 aliphatic carbocycles. The lowest BCUT2D eigenvalue weighted by Gasteiger charge is -2.34. The zero-order chi connectivity index (χ0) is 24.0. The number of ether oxygens (including phenoxy) is 2. The molecule has 0 atom stereocenters. The molecule has 0 saturated carbocycles. The number of carbonyl (C=O) groups excluding carboxylic acids is 4. The monoisotopic (exact) mass is 465 g/mol. The van der Waals surface area contributed by atoms with Gasteiger partial charge in [0.2, 0.25) is 23.6 Å². The number of amides is 4. The molecule has 178 valence electrons. The van der Waals surface area contributed by atoms with Crippen LogP contribution in [0.25, 0.3) is 6.08 Å². The van der Waals surface area contributed by atoms with Crippen LogP contribution in [0.5, 0.6) is 11.5 Å². The van der Waals surface area contributed by atoms with E-state index in [0.29, 0.717) is 31.7 Å². The summed E-state index contributed by atoms with van der Waals surface area (Å²) in [7, 11) is 0. The van der Waals surface area contributed by atoms with Crippen molar-refractivity contribution >= 4 is 29.7 Å². The number of imide groups is 1. The molecule has 0 bridgehead atoms. The summed E-state index contributed by atoms with van der Waals surface area (Å²) in [6.45, 7) is -0.0679. The van der Waals surface area contributed by atoms with Gasteiger partial charge in [-0.1, -0.05) is 6.07 Å². The number of hydrogen-bond acceptors (Lipinski definition) is 6. The Labute approximate surface area is 189 Å². The van der Waals surface area contributed by atoms with Gasteiger partial charge in [0.25, 0.3) is 0 Å². The smallest absolute Gasteiger partial charge is 0.387 e. The largest absolute Gasteiger partial charge is 0.490 e. The minimum absolute atomic E-state index is 0.0894. The fraction of sp³-hybridized carbons (Fsp3) is 0.455. The topological polar surface area (TPSA) is 96.5 Å². The number of piperazine rings is 1. The van der Waals surface area contributed by atoms with Crippen LogP contribution in [0, 0.1) is 0 Å². The van der Waals surface area contributed by atoms with E-state index >= 15 is 0 Å². The lowest BCUT2D eigenvalue weighted by atomic mass is 10.2. The van der Waals surface area contributed by atoms with Crippen LogP contribution in [0.3, 0.4) is 0 Å². The van der Waals surface area contributed by atoms with E-state index in [1.165, 1.54) is 29.2 Å². The Kier molecular flexibility index (Phi) is 7.96. The Morgan fingerprint density at radius 1 is 1.03 bits per heavy atom. The van der Waals surface area contributed by atoms with Gasteiger partial charge >= 0.3 is 6.61 Å². The molecule has 0 N–H and O–H groups in total. The molecule has 0 unspecified atom stereocenters. The number of alkyl halides is 2. The Hall–Kier alpha value is -3.50. The van der Waals surface area contributed by atoms with Crippen molar-refractivity contribution < 1.29 is 37.4 Å². The first-order valence-electron chi connectivity index (χ1n) is 10.6. The van der Waals surface area contributed by atoms with Crippen molar-refractivity contribution in [3.8, 4) is 11.5 Å². The van der Waals surface area contributed by atoms with Crippen molar-refractivity contribution in [2.24, 2.45) is 0 Å². The second-order valence-corrected chi connectivity index (χ2v) is 7.43. The summed E-state index contributed by atoms with van der Waals surface area (Å²) in [5.74, 6) is -1.21. The first kappa shape index (κ1) is 24.1. The minimum atomic E-state index is -2.98. The number of nitrogens with zero attached hydrogens (tertiary/aromatic N) is 3. The molecule has 1 aromatic carbocycles. The fourth-order valence-electron chi connectivity index (χ4n) is 3.57. The van der Waals surface area contributed by atoms with Crippen LogP contribution in [-0.4, -0.2) is 84.3 Å². The van der Waals surface area contributed by atoms with Crippen molar-refractivity contribution in [3.63, 3.8) is 0 Å². The molecule has 0 radical (unpaired) electrons. The standard InChI is InChI=1S/C22H25F2N3O6/c1-2-32-17-13-15(3-5-16(17)33-22(23)24)4-6-18(28)25-9-11-26(12-10-25)21(31)14-27-19(29)7-8-20(27)30/h3-6,13,22H,2,7-12,14H2,1H3/b6-4+. The van der Waals surface area contributed by atoms with Crippen LogP contribution in [0.1, 0.15) is 25.3 Å². The Bertz CT molecular complexity index is 928. The number of likely N-dealkylation sites (tertiary alicyclic amines) is 1. The summed E-state index contributed by atoms with van der Waals surface area (Å²) in [5.41, 5.74) is 0.571. The van der Waals surface area contributed by atoms with Gasteiger partial charge in [0.1, 0.15) is 6.54 Å². The summed E-state index contributed by atoms with van der Waals surface area (Å²) in [6.07, 6.45) is 3.17. The van der Waals surface area contributed by atoms with Crippen LogP contribution in [-0.2, 0) is 19.2 Å². The Morgan fingerprint density at radius 3 is 2.27 bits per heavy atom. The lowest BCUT2D eigenvalue weighted by Crippen LogP contribution is -2.52. The first-order chi connectivity index (χ1) is 15.8. The summed E-state index contributed by atoms with van der Waals surface area (Å²) in [4.78, 5) is 52.4. The van der Waals surface area contributed by atoms with E-state index in [2.05, 4.69) is 4.74 Å². The van der Waals surface area contributed by atoms with Gasteiger partial charge in [0, 0.05) is 45.1 Å². The van der Waals surface area contributed by atoms with Crippen molar-refractivity contribution in [1.29, 1.82) is 0 Å². The van der Waals surface area contributed by atoms with E-state index in [1.54, 1.807) is 17.9 Å². The molecule has 2 aliphatic rings. The van der Waals surface area contributed by atoms with E-state index in [9.17, 15) is 28.0 Å². The van der Waals surface area contributed by atoms with Crippen LogP contribution in [0.15, 0.2) is 24.3 Å². The highest BCUT2D eigenvalue weighted by molar-refractivity contribution is 6.04. The van der Waals surface area contributed by atoms with Gasteiger partial charge in [-0.25, -0.2) is 0 Å². The molecule has 4 amide bonds. The second-order valence-electron chi connectivity index (χ2n) is 7.43. The number of halogens is 2. The molecule has 1 aromatic rings. The molecule has 0 spiro atoms. The normalized spacial score (nSPS) is 16.8. The summed E-state index contributed by atoms with van der Waals surface area (Å²) in [6, 6.07) is 4.38. The molecule has 11 heteroatoms. The maximum Gasteiger partial charge on any atom is 0.387 e. The van der Waals surface area contributed by atoms with Crippen molar-refractivity contribution in [2.75, 3.05) is 39.3 Å². The summed E-state index contributed by atoms with van der Waals surface area (Å²) >= 11 is 0. The van der Waals surface area contributed by atoms with Crippen LogP contribution < -0.4 is 9.47 Å². The van der Waals surface area contributed by atoms with Crippen LogP contribution in [0.4, 0.5) is 8.78 Å². The maximum atomic E-state index is 12.5. The van der Waals surface area contributed by atoms with Crippen molar-refractivity contribution in [2.45, 2.75) is 26.4 Å².